The molecule has 0 saturated carbocycles. The molecule has 0 radical (unpaired) electrons. The smallest absolute Gasteiger partial charge is 0.118 e. The number of hydrogen-bond donors (Lipinski definition) is 1. The molecule has 158 valence electrons. The molecule has 1 aliphatic heterocycles. The van der Waals surface area contributed by atoms with Gasteiger partial charge in [0, 0.05) is 10.2 Å². The van der Waals surface area contributed by atoms with Crippen molar-refractivity contribution in [2.75, 3.05) is 13.7 Å². The molecule has 3 nitrogen and oxygen atoms in total. The molecule has 1 aliphatic rings. The Morgan fingerprint density at radius 1 is 1.00 bits per heavy atom. The Kier molecular flexibility index (Phi) is 7.81. The molecule has 0 unspecified atom stereocenters. The van der Waals surface area contributed by atoms with E-state index in [9.17, 15) is 5.11 Å². The summed E-state index contributed by atoms with van der Waals surface area (Å²) in [6, 6.07) is 17.4. The molecule has 1 fully saturated rings. The second-order valence-electron chi connectivity index (χ2n) is 8.73. The van der Waals surface area contributed by atoms with E-state index in [1.54, 1.807) is 7.11 Å². The highest BCUT2D eigenvalue weighted by atomic mass is 127. The second-order valence-corrected chi connectivity index (χ2v) is 14.7. The van der Waals surface area contributed by atoms with Crippen molar-refractivity contribution in [3.63, 3.8) is 0 Å². The highest BCUT2D eigenvalue weighted by Gasteiger charge is 2.50. The summed E-state index contributed by atoms with van der Waals surface area (Å²) >= 11 is 2.35. The molecule has 1 saturated heterocycles. The number of rotatable bonds is 8. The fourth-order valence-electron chi connectivity index (χ4n) is 5.00. The summed E-state index contributed by atoms with van der Waals surface area (Å²) in [6.45, 7) is 7.44. The van der Waals surface area contributed by atoms with Gasteiger partial charge >= 0.3 is 0 Å². The quantitative estimate of drug-likeness (QED) is 0.390. The maximum absolute atomic E-state index is 9.67. The summed E-state index contributed by atoms with van der Waals surface area (Å²) in [6.07, 6.45) is 3.19. The van der Waals surface area contributed by atoms with Crippen LogP contribution in [0, 0.1) is 9.49 Å². The monoisotopic (exact) mass is 524 g/mol. The zero-order valence-electron chi connectivity index (χ0n) is 17.9. The molecule has 2 aromatic rings. The Hall–Kier alpha value is -0.893. The van der Waals surface area contributed by atoms with E-state index in [1.165, 1.54) is 14.3 Å². The van der Waals surface area contributed by atoms with Crippen LogP contribution in [0.2, 0.25) is 18.6 Å². The van der Waals surface area contributed by atoms with Crippen LogP contribution >= 0.6 is 22.6 Å². The van der Waals surface area contributed by atoms with Gasteiger partial charge < -0.3 is 14.6 Å². The SMILES string of the molecule is COc1ccc([Si](C)(C)[C@@H]2[C@@H](C)[C@@H](CCc3ccc(I)cc3)O[C@H]2CCO)cc1. The summed E-state index contributed by atoms with van der Waals surface area (Å²) in [5.74, 6) is 1.38. The molecule has 0 aliphatic carbocycles. The predicted octanol–water partition coefficient (Wildman–Crippen LogP) is 5.00. The predicted molar refractivity (Wildman–Crippen MR) is 131 cm³/mol. The van der Waals surface area contributed by atoms with Gasteiger partial charge in [-0.05, 0) is 83.1 Å². The third-order valence-corrected chi connectivity index (χ3v) is 11.7. The molecular weight excluding hydrogens is 491 g/mol. The average Bonchev–Trinajstić information content (AvgIpc) is 3.03. The van der Waals surface area contributed by atoms with Gasteiger partial charge in [0.25, 0.3) is 0 Å². The van der Waals surface area contributed by atoms with Gasteiger partial charge in [0.2, 0.25) is 0 Å². The van der Waals surface area contributed by atoms with Crippen LogP contribution in [-0.4, -0.2) is 39.1 Å². The lowest BCUT2D eigenvalue weighted by Gasteiger charge is -2.36. The van der Waals surface area contributed by atoms with Crippen LogP contribution in [0.15, 0.2) is 48.5 Å². The number of halogens is 1. The van der Waals surface area contributed by atoms with Crippen LogP contribution in [0.25, 0.3) is 0 Å². The molecule has 29 heavy (non-hydrogen) atoms. The Balaban J connectivity index is 1.77. The van der Waals surface area contributed by atoms with E-state index in [4.69, 9.17) is 9.47 Å². The van der Waals surface area contributed by atoms with Crippen molar-refractivity contribution in [3.8, 4) is 5.75 Å². The van der Waals surface area contributed by atoms with Gasteiger partial charge in [0.05, 0.1) is 27.4 Å². The van der Waals surface area contributed by atoms with E-state index in [1.807, 2.05) is 0 Å². The first-order chi connectivity index (χ1) is 13.9. The van der Waals surface area contributed by atoms with Crippen molar-refractivity contribution in [1.29, 1.82) is 0 Å². The third-order valence-electron chi connectivity index (χ3n) is 6.61. The number of benzene rings is 2. The standard InChI is InChI=1S/C24H33IO3Si/c1-17-22(14-7-18-5-8-19(25)9-6-18)28-23(15-16-26)24(17)29(3,4)21-12-10-20(27-2)11-13-21/h5-6,8-13,17,22-24,26H,7,14-16H2,1-4H3/t17-,22+,23-,24+/m0/s1. The van der Waals surface area contributed by atoms with Gasteiger partial charge in [-0.2, -0.15) is 0 Å². The number of methoxy groups -OCH3 is 1. The van der Waals surface area contributed by atoms with E-state index in [0.29, 0.717) is 11.5 Å². The fraction of sp³-hybridized carbons (Fsp3) is 0.500. The Bertz CT molecular complexity index is 776. The van der Waals surface area contributed by atoms with E-state index in [2.05, 4.69) is 91.1 Å². The number of aryl methyl sites for hydroxylation is 1. The summed E-state index contributed by atoms with van der Waals surface area (Å²) in [7, 11) is -0.0874. The zero-order valence-corrected chi connectivity index (χ0v) is 21.1. The van der Waals surface area contributed by atoms with E-state index in [0.717, 1.165) is 25.0 Å². The highest BCUT2D eigenvalue weighted by molar-refractivity contribution is 14.1. The summed E-state index contributed by atoms with van der Waals surface area (Å²) < 4.78 is 13.2. The van der Waals surface area contributed by atoms with Gasteiger partial charge in [-0.15, -0.1) is 0 Å². The number of aliphatic hydroxyl groups excluding tert-OH is 1. The molecule has 4 atom stereocenters. The minimum Gasteiger partial charge on any atom is -0.497 e. The number of hydrogen-bond acceptors (Lipinski definition) is 3. The van der Waals surface area contributed by atoms with E-state index >= 15 is 0 Å². The van der Waals surface area contributed by atoms with Gasteiger partial charge in [-0.3, -0.25) is 0 Å². The molecule has 3 rings (SSSR count). The van der Waals surface area contributed by atoms with Crippen LogP contribution < -0.4 is 9.92 Å². The molecule has 0 amide bonds. The lowest BCUT2D eigenvalue weighted by Crippen LogP contribution is -2.50. The fourth-order valence-corrected chi connectivity index (χ4v) is 9.48. The maximum Gasteiger partial charge on any atom is 0.118 e. The molecular formula is C24H33IO3Si. The van der Waals surface area contributed by atoms with Crippen molar-refractivity contribution in [1.82, 2.24) is 0 Å². The minimum absolute atomic E-state index is 0.139. The molecule has 1 heterocycles. The van der Waals surface area contributed by atoms with Gasteiger partial charge in [0.1, 0.15) is 5.75 Å². The lowest BCUT2D eigenvalue weighted by atomic mass is 9.95. The number of aliphatic hydroxyl groups is 1. The topological polar surface area (TPSA) is 38.7 Å². The average molecular weight is 525 g/mol. The second kappa shape index (κ2) is 9.94. The van der Waals surface area contributed by atoms with E-state index < -0.39 is 8.07 Å². The zero-order chi connectivity index (χ0) is 21.0. The Labute approximate surface area is 190 Å². The van der Waals surface area contributed by atoms with Gasteiger partial charge in [-0.25, -0.2) is 0 Å². The van der Waals surface area contributed by atoms with Crippen LogP contribution in [-0.2, 0) is 11.2 Å². The van der Waals surface area contributed by atoms with Crippen LogP contribution in [0.1, 0.15) is 25.3 Å². The summed E-state index contributed by atoms with van der Waals surface area (Å²) in [5.41, 5.74) is 1.86. The van der Waals surface area contributed by atoms with Crippen molar-refractivity contribution >= 4 is 35.9 Å². The molecule has 0 spiro atoms. The largest absolute Gasteiger partial charge is 0.497 e. The minimum atomic E-state index is -1.80. The van der Waals surface area contributed by atoms with Crippen molar-refractivity contribution in [3.05, 3.63) is 57.7 Å². The Morgan fingerprint density at radius 3 is 2.24 bits per heavy atom. The van der Waals surface area contributed by atoms with Crippen LogP contribution in [0.3, 0.4) is 0 Å². The third kappa shape index (κ3) is 5.24. The summed E-state index contributed by atoms with van der Waals surface area (Å²) in [5, 5.41) is 11.1. The molecule has 1 N–H and O–H groups in total. The van der Waals surface area contributed by atoms with Gasteiger partial charge in [-0.1, -0.05) is 49.5 Å². The Morgan fingerprint density at radius 2 is 1.66 bits per heavy atom. The normalized spacial score (nSPS) is 24.6. The first kappa shape index (κ1) is 22.8. The highest BCUT2D eigenvalue weighted by Crippen LogP contribution is 2.46. The van der Waals surface area contributed by atoms with Crippen LogP contribution in [0.4, 0.5) is 0 Å². The maximum atomic E-state index is 9.67. The van der Waals surface area contributed by atoms with E-state index in [-0.39, 0.29) is 18.8 Å². The first-order valence-electron chi connectivity index (χ1n) is 10.5. The molecule has 2 aromatic carbocycles. The van der Waals surface area contributed by atoms with Crippen molar-refractivity contribution < 1.29 is 14.6 Å². The lowest BCUT2D eigenvalue weighted by molar-refractivity contribution is 0.0196. The number of ether oxygens (including phenoxy) is 2. The van der Waals surface area contributed by atoms with Gasteiger partial charge in [0.15, 0.2) is 0 Å². The van der Waals surface area contributed by atoms with Crippen molar-refractivity contribution in [2.24, 2.45) is 5.92 Å². The molecule has 5 heteroatoms. The summed E-state index contributed by atoms with van der Waals surface area (Å²) in [4.78, 5) is 0. The first-order valence-corrected chi connectivity index (χ1v) is 14.7. The van der Waals surface area contributed by atoms with Crippen molar-refractivity contribution in [2.45, 2.75) is 57.0 Å². The molecule has 0 bridgehead atoms. The van der Waals surface area contributed by atoms with Crippen LogP contribution in [0.5, 0.6) is 5.75 Å². The molecule has 0 aromatic heterocycles.